The minimum atomic E-state index is -0.736. The Morgan fingerprint density at radius 1 is 0.891 bits per heavy atom. The molecular weight excluding hydrogens is 581 g/mol. The van der Waals surface area contributed by atoms with E-state index in [-0.39, 0.29) is 41.5 Å². The third kappa shape index (κ3) is 8.00. The van der Waals surface area contributed by atoms with E-state index in [1.54, 1.807) is 24.1 Å². The molecule has 5 rings (SSSR count). The zero-order valence-electron chi connectivity index (χ0n) is 26.8. The van der Waals surface area contributed by atoms with Crippen LogP contribution < -0.4 is 21.3 Å². The lowest BCUT2D eigenvalue weighted by Gasteiger charge is -2.33. The zero-order valence-corrected chi connectivity index (χ0v) is 26.8. The van der Waals surface area contributed by atoms with Gasteiger partial charge >= 0.3 is 0 Å². The molecule has 2 aliphatic rings. The number of halogens is 1. The summed E-state index contributed by atoms with van der Waals surface area (Å²) in [6, 6.07) is 23.9. The van der Waals surface area contributed by atoms with Crippen molar-refractivity contribution < 1.29 is 18.8 Å². The van der Waals surface area contributed by atoms with Crippen LogP contribution in [0.3, 0.4) is 0 Å². The predicted octanol–water partition coefficient (Wildman–Crippen LogP) is 4.46. The first kappa shape index (κ1) is 33.3. The average molecular weight is 628 g/mol. The molecule has 2 heterocycles. The van der Waals surface area contributed by atoms with Crippen molar-refractivity contribution in [2.24, 2.45) is 5.92 Å². The van der Waals surface area contributed by atoms with Gasteiger partial charge in [-0.1, -0.05) is 79.7 Å². The maximum Gasteiger partial charge on any atom is 0.246 e. The van der Waals surface area contributed by atoms with Gasteiger partial charge in [-0.2, -0.15) is 0 Å². The van der Waals surface area contributed by atoms with Crippen molar-refractivity contribution in [1.29, 1.82) is 0 Å². The van der Waals surface area contributed by atoms with Crippen molar-refractivity contribution in [3.05, 3.63) is 107 Å². The first-order valence-electron chi connectivity index (χ1n) is 16.5. The van der Waals surface area contributed by atoms with Crippen LogP contribution in [0.1, 0.15) is 68.2 Å². The molecule has 0 aromatic heterocycles. The summed E-state index contributed by atoms with van der Waals surface area (Å²) in [6.07, 6.45) is 4.12. The number of hydrogen-bond donors (Lipinski definition) is 4. The third-order valence-corrected chi connectivity index (χ3v) is 9.53. The lowest BCUT2D eigenvalue weighted by atomic mass is 9.90. The van der Waals surface area contributed by atoms with Gasteiger partial charge in [-0.25, -0.2) is 4.39 Å². The fourth-order valence-electron chi connectivity index (χ4n) is 6.97. The van der Waals surface area contributed by atoms with Gasteiger partial charge in [-0.3, -0.25) is 14.4 Å². The van der Waals surface area contributed by atoms with Crippen LogP contribution in [-0.4, -0.2) is 60.4 Å². The fourth-order valence-corrected chi connectivity index (χ4v) is 6.97. The molecule has 244 valence electrons. The van der Waals surface area contributed by atoms with Crippen LogP contribution in [0.4, 0.5) is 4.39 Å². The SMILES string of the molecule is CCC(NC)C(=O)NC1C(=O)N2C(CCC1CCNCc1ccc(F)cc1)CCC2C(=O)NC(c1ccccc1)c1ccccc1. The van der Waals surface area contributed by atoms with Gasteiger partial charge in [0.15, 0.2) is 0 Å². The monoisotopic (exact) mass is 627 g/mol. The van der Waals surface area contributed by atoms with Crippen molar-refractivity contribution in [3.8, 4) is 0 Å². The fraction of sp³-hybridized carbons (Fsp3) is 0.432. The van der Waals surface area contributed by atoms with E-state index in [4.69, 9.17) is 0 Å². The first-order valence-corrected chi connectivity index (χ1v) is 16.5. The molecule has 3 amide bonds. The summed E-state index contributed by atoms with van der Waals surface area (Å²) in [5.74, 6) is -0.935. The smallest absolute Gasteiger partial charge is 0.246 e. The van der Waals surface area contributed by atoms with Crippen LogP contribution in [0.2, 0.25) is 0 Å². The second kappa shape index (κ2) is 16.0. The number of nitrogens with one attached hydrogen (secondary N) is 4. The lowest BCUT2D eigenvalue weighted by Crippen LogP contribution is -2.58. The summed E-state index contributed by atoms with van der Waals surface area (Å²) in [5.41, 5.74) is 2.91. The highest BCUT2D eigenvalue weighted by molar-refractivity contribution is 5.94. The molecule has 8 nitrogen and oxygen atoms in total. The summed E-state index contributed by atoms with van der Waals surface area (Å²) >= 11 is 0. The van der Waals surface area contributed by atoms with E-state index < -0.39 is 18.1 Å². The maximum atomic E-state index is 14.5. The van der Waals surface area contributed by atoms with Gasteiger partial charge in [0.05, 0.1) is 12.1 Å². The summed E-state index contributed by atoms with van der Waals surface area (Å²) in [6.45, 7) is 3.14. The van der Waals surface area contributed by atoms with Crippen molar-refractivity contribution >= 4 is 17.7 Å². The highest BCUT2D eigenvalue weighted by Gasteiger charge is 2.47. The van der Waals surface area contributed by atoms with Crippen LogP contribution in [-0.2, 0) is 20.9 Å². The summed E-state index contributed by atoms with van der Waals surface area (Å²) < 4.78 is 13.3. The van der Waals surface area contributed by atoms with Crippen LogP contribution in [0.25, 0.3) is 0 Å². The Balaban J connectivity index is 1.33. The van der Waals surface area contributed by atoms with Gasteiger partial charge in [-0.05, 0) is 86.9 Å². The van der Waals surface area contributed by atoms with E-state index in [1.807, 2.05) is 67.6 Å². The van der Waals surface area contributed by atoms with Crippen molar-refractivity contribution in [2.45, 2.75) is 82.2 Å². The van der Waals surface area contributed by atoms with Crippen LogP contribution in [0.5, 0.6) is 0 Å². The molecule has 0 saturated carbocycles. The van der Waals surface area contributed by atoms with Gasteiger partial charge in [0, 0.05) is 12.6 Å². The topological polar surface area (TPSA) is 103 Å². The van der Waals surface area contributed by atoms with Gasteiger partial charge in [0.25, 0.3) is 0 Å². The number of carbonyl (C=O) groups is 3. The summed E-state index contributed by atoms with van der Waals surface area (Å²) in [4.78, 5) is 43.6. The van der Waals surface area contributed by atoms with Crippen molar-refractivity contribution in [2.75, 3.05) is 13.6 Å². The molecule has 46 heavy (non-hydrogen) atoms. The number of carbonyl (C=O) groups excluding carboxylic acids is 3. The molecule has 2 saturated heterocycles. The number of benzene rings is 3. The molecule has 9 heteroatoms. The molecule has 5 atom stereocenters. The molecule has 0 bridgehead atoms. The normalized spacial score (nSPS) is 21.8. The van der Waals surface area contributed by atoms with E-state index >= 15 is 0 Å². The van der Waals surface area contributed by atoms with Crippen molar-refractivity contribution in [3.63, 3.8) is 0 Å². The molecular formula is C37H46FN5O3. The Bertz CT molecular complexity index is 1390. The van der Waals surface area contributed by atoms with E-state index in [2.05, 4.69) is 21.3 Å². The van der Waals surface area contributed by atoms with Crippen LogP contribution in [0.15, 0.2) is 84.9 Å². The molecule has 2 aliphatic heterocycles. The maximum absolute atomic E-state index is 14.5. The number of nitrogens with zero attached hydrogens (tertiary/aromatic N) is 1. The zero-order chi connectivity index (χ0) is 32.5. The second-order valence-corrected chi connectivity index (χ2v) is 12.4. The van der Waals surface area contributed by atoms with E-state index in [0.717, 1.165) is 36.0 Å². The quantitative estimate of drug-likeness (QED) is 0.210. The van der Waals surface area contributed by atoms with Crippen LogP contribution in [0, 0.1) is 11.7 Å². The molecule has 4 N–H and O–H groups in total. The number of hydrogen-bond acceptors (Lipinski definition) is 5. The average Bonchev–Trinajstić information content (AvgIpc) is 3.47. The van der Waals surface area contributed by atoms with Crippen LogP contribution >= 0.6 is 0 Å². The standard InChI is InChI=1S/C37H46FN5O3/c1-3-31(39-2)35(44)42-34-28(22-23-40-24-25-14-17-29(38)18-15-25)16-19-30-20-21-32(43(30)37(34)46)36(45)41-33(26-10-6-4-7-11-26)27-12-8-5-9-13-27/h4-15,17-18,28,30-34,39-40H,3,16,19-24H2,1-2H3,(H,41,45)(H,42,44). The third-order valence-electron chi connectivity index (χ3n) is 9.53. The van der Waals surface area contributed by atoms with E-state index in [1.165, 1.54) is 12.1 Å². The van der Waals surface area contributed by atoms with Gasteiger partial charge in [0.1, 0.15) is 17.9 Å². The van der Waals surface area contributed by atoms with Crippen molar-refractivity contribution in [1.82, 2.24) is 26.2 Å². The summed E-state index contributed by atoms with van der Waals surface area (Å²) in [5, 5.41) is 12.8. The molecule has 0 aliphatic carbocycles. The molecule has 2 fully saturated rings. The number of fused-ring (bicyclic) bond motifs is 1. The Hall–Kier alpha value is -4.08. The molecule has 5 unspecified atom stereocenters. The highest BCUT2D eigenvalue weighted by Crippen LogP contribution is 2.35. The number of likely N-dealkylation sites (N-methyl/N-ethyl adjacent to an activating group) is 1. The van der Waals surface area contributed by atoms with Gasteiger partial charge in [0.2, 0.25) is 17.7 Å². The lowest BCUT2D eigenvalue weighted by molar-refractivity contribution is -0.143. The van der Waals surface area contributed by atoms with Gasteiger partial charge < -0.3 is 26.2 Å². The minimum absolute atomic E-state index is 0.0574. The van der Waals surface area contributed by atoms with E-state index in [9.17, 15) is 18.8 Å². The number of rotatable bonds is 13. The molecule has 3 aromatic rings. The Morgan fingerprint density at radius 3 is 2.13 bits per heavy atom. The molecule has 3 aromatic carbocycles. The Kier molecular flexibility index (Phi) is 11.5. The Morgan fingerprint density at radius 2 is 1.52 bits per heavy atom. The molecule has 0 spiro atoms. The predicted molar refractivity (Wildman–Crippen MR) is 177 cm³/mol. The van der Waals surface area contributed by atoms with Gasteiger partial charge in [-0.15, -0.1) is 0 Å². The second-order valence-electron chi connectivity index (χ2n) is 12.4. The molecule has 0 radical (unpaired) electrons. The Labute approximate surface area is 271 Å². The largest absolute Gasteiger partial charge is 0.343 e. The summed E-state index contributed by atoms with van der Waals surface area (Å²) in [7, 11) is 1.74. The van der Waals surface area contributed by atoms with E-state index in [0.29, 0.717) is 32.4 Å². The number of amides is 3. The highest BCUT2D eigenvalue weighted by atomic mass is 19.1. The first-order chi connectivity index (χ1) is 22.4. The minimum Gasteiger partial charge on any atom is -0.343 e.